The molecule has 3 heteroatoms. The molecule has 0 radical (unpaired) electrons. The van der Waals surface area contributed by atoms with Crippen molar-refractivity contribution in [1.29, 1.82) is 0 Å². The summed E-state index contributed by atoms with van der Waals surface area (Å²) >= 11 is 0. The van der Waals surface area contributed by atoms with Crippen LogP contribution in [0.25, 0.3) is 0 Å². The Balaban J connectivity index is 1.12. The van der Waals surface area contributed by atoms with Crippen molar-refractivity contribution in [3.63, 3.8) is 0 Å². The molecule has 0 N–H and O–H groups in total. The van der Waals surface area contributed by atoms with Gasteiger partial charge in [-0.3, -0.25) is 0 Å². The lowest BCUT2D eigenvalue weighted by Crippen LogP contribution is -2.20. The minimum absolute atomic E-state index is 0.303. The fraction of sp³-hybridized carbons (Fsp3) is 0.675. The molecule has 2 fully saturated rings. The van der Waals surface area contributed by atoms with Gasteiger partial charge in [0.05, 0.1) is 12.2 Å². The van der Waals surface area contributed by atoms with Crippen molar-refractivity contribution in [2.24, 2.45) is 23.7 Å². The third kappa shape index (κ3) is 12.0. The lowest BCUT2D eigenvalue weighted by Gasteiger charge is -2.31. The van der Waals surface area contributed by atoms with Crippen molar-refractivity contribution in [1.82, 2.24) is 0 Å². The van der Waals surface area contributed by atoms with E-state index in [1.807, 2.05) is 36.4 Å². The van der Waals surface area contributed by atoms with Gasteiger partial charge >= 0.3 is 5.97 Å². The van der Waals surface area contributed by atoms with E-state index in [9.17, 15) is 4.79 Å². The Morgan fingerprint density at radius 1 is 0.628 bits per heavy atom. The number of esters is 1. The third-order valence-electron chi connectivity index (χ3n) is 10.5. The monoisotopic (exact) mass is 588 g/mol. The maximum absolute atomic E-state index is 12.8. The van der Waals surface area contributed by atoms with Crippen molar-refractivity contribution in [2.45, 2.75) is 142 Å². The first-order valence-corrected chi connectivity index (χ1v) is 18.2. The van der Waals surface area contributed by atoms with Crippen LogP contribution < -0.4 is 9.47 Å². The van der Waals surface area contributed by atoms with Gasteiger partial charge in [0.25, 0.3) is 0 Å². The van der Waals surface area contributed by atoms with Gasteiger partial charge in [-0.2, -0.15) is 0 Å². The predicted molar refractivity (Wildman–Crippen MR) is 180 cm³/mol. The maximum Gasteiger partial charge on any atom is 0.343 e. The lowest BCUT2D eigenvalue weighted by atomic mass is 9.74. The smallest absolute Gasteiger partial charge is 0.343 e. The molecule has 2 atom stereocenters. The highest BCUT2D eigenvalue weighted by Gasteiger charge is 2.24. The van der Waals surface area contributed by atoms with Gasteiger partial charge in [-0.05, 0) is 91.3 Å². The number of benzene rings is 2. The van der Waals surface area contributed by atoms with Crippen LogP contribution in [0, 0.1) is 23.7 Å². The number of hydrogen-bond acceptors (Lipinski definition) is 3. The van der Waals surface area contributed by atoms with E-state index in [0.29, 0.717) is 11.3 Å². The van der Waals surface area contributed by atoms with Crippen LogP contribution in [0.3, 0.4) is 0 Å². The molecule has 0 aliphatic heterocycles. The van der Waals surface area contributed by atoms with E-state index in [-0.39, 0.29) is 5.97 Å². The highest BCUT2D eigenvalue weighted by molar-refractivity contribution is 5.91. The molecule has 43 heavy (non-hydrogen) atoms. The van der Waals surface area contributed by atoms with Crippen LogP contribution in [-0.2, 0) is 6.42 Å². The first-order chi connectivity index (χ1) is 21.1. The van der Waals surface area contributed by atoms with Crippen molar-refractivity contribution in [2.75, 3.05) is 6.61 Å². The molecule has 2 aliphatic rings. The normalized spacial score (nSPS) is 22.3. The fourth-order valence-corrected chi connectivity index (χ4v) is 7.68. The second-order valence-electron chi connectivity index (χ2n) is 13.8. The van der Waals surface area contributed by atoms with E-state index in [4.69, 9.17) is 9.47 Å². The molecule has 3 nitrogen and oxygen atoms in total. The number of ether oxygens (including phenoxy) is 2. The Morgan fingerprint density at radius 3 is 1.81 bits per heavy atom. The van der Waals surface area contributed by atoms with Gasteiger partial charge < -0.3 is 9.47 Å². The summed E-state index contributed by atoms with van der Waals surface area (Å²) in [4.78, 5) is 12.8. The maximum atomic E-state index is 12.8. The van der Waals surface area contributed by atoms with E-state index < -0.39 is 0 Å². The molecular formula is C40H60O3. The van der Waals surface area contributed by atoms with Crippen LogP contribution in [0.5, 0.6) is 11.5 Å². The third-order valence-corrected chi connectivity index (χ3v) is 10.5. The first kappa shape index (κ1) is 33.6. The van der Waals surface area contributed by atoms with Crippen molar-refractivity contribution in [3.05, 3.63) is 59.7 Å². The summed E-state index contributed by atoms with van der Waals surface area (Å²) < 4.78 is 11.7. The summed E-state index contributed by atoms with van der Waals surface area (Å²) in [6.07, 6.45) is 27.1. The van der Waals surface area contributed by atoms with E-state index in [1.54, 1.807) is 0 Å². The molecule has 0 amide bonds. The number of carbonyl (C=O) groups is 1. The zero-order valence-electron chi connectivity index (χ0n) is 27.5. The molecule has 2 unspecified atom stereocenters. The first-order valence-electron chi connectivity index (χ1n) is 18.2. The summed E-state index contributed by atoms with van der Waals surface area (Å²) in [6, 6.07) is 15.5. The highest BCUT2D eigenvalue weighted by Crippen LogP contribution is 2.37. The molecule has 0 bridgehead atoms. The molecular weight excluding hydrogens is 528 g/mol. The quantitative estimate of drug-likeness (QED) is 0.0987. The summed E-state index contributed by atoms with van der Waals surface area (Å²) in [6.45, 7) is 5.35. The Labute approximate surface area is 263 Å². The Bertz CT molecular complexity index is 1020. The van der Waals surface area contributed by atoms with Crippen molar-refractivity contribution < 1.29 is 14.3 Å². The molecule has 2 saturated carbocycles. The minimum Gasteiger partial charge on any atom is -0.494 e. The SMILES string of the molecule is CCCCCC1CCC(CCc2ccc(C(=O)Oc3ccc(OCCCC4CCCCC4CCCCC)cc3)cc2)CC1. The molecule has 0 spiro atoms. The van der Waals surface area contributed by atoms with Gasteiger partial charge in [-0.1, -0.05) is 129 Å². The largest absolute Gasteiger partial charge is 0.494 e. The topological polar surface area (TPSA) is 35.5 Å². The lowest BCUT2D eigenvalue weighted by molar-refractivity contribution is 0.0734. The number of carbonyl (C=O) groups excluding carboxylic acids is 1. The average molecular weight is 589 g/mol. The van der Waals surface area contributed by atoms with Crippen molar-refractivity contribution >= 4 is 5.97 Å². The van der Waals surface area contributed by atoms with E-state index in [2.05, 4.69) is 26.0 Å². The summed E-state index contributed by atoms with van der Waals surface area (Å²) in [7, 11) is 0. The predicted octanol–water partition coefficient (Wildman–Crippen LogP) is 11.8. The average Bonchev–Trinajstić information content (AvgIpc) is 3.04. The van der Waals surface area contributed by atoms with Crippen LogP contribution in [0.2, 0.25) is 0 Å². The zero-order valence-corrected chi connectivity index (χ0v) is 27.5. The van der Waals surface area contributed by atoms with Crippen LogP contribution >= 0.6 is 0 Å². The molecule has 2 aliphatic carbocycles. The van der Waals surface area contributed by atoms with E-state index >= 15 is 0 Å². The van der Waals surface area contributed by atoms with Gasteiger partial charge in [0.15, 0.2) is 0 Å². The second-order valence-corrected chi connectivity index (χ2v) is 13.8. The van der Waals surface area contributed by atoms with E-state index in [1.165, 1.54) is 121 Å². The summed E-state index contributed by atoms with van der Waals surface area (Å²) in [5.74, 6) is 4.75. The molecule has 0 aromatic heterocycles. The highest BCUT2D eigenvalue weighted by atomic mass is 16.5. The van der Waals surface area contributed by atoms with Gasteiger partial charge in [0, 0.05) is 0 Å². The Morgan fingerprint density at radius 2 is 1.19 bits per heavy atom. The molecule has 0 saturated heterocycles. The number of rotatable bonds is 18. The van der Waals surface area contributed by atoms with Crippen molar-refractivity contribution in [3.8, 4) is 11.5 Å². The van der Waals surface area contributed by atoms with Crippen LogP contribution in [0.15, 0.2) is 48.5 Å². The number of unbranched alkanes of at least 4 members (excludes halogenated alkanes) is 4. The molecule has 2 aromatic rings. The van der Waals surface area contributed by atoms with Gasteiger partial charge in [0.1, 0.15) is 11.5 Å². The van der Waals surface area contributed by atoms with Gasteiger partial charge in [-0.25, -0.2) is 4.79 Å². The molecule has 238 valence electrons. The Hall–Kier alpha value is -2.29. The standard InChI is InChI=1S/C40H60O3/c1-3-5-7-12-32-17-19-33(20-18-32)21-22-34-23-25-37(26-24-34)40(41)43-39-29-27-38(28-30-39)42-31-11-16-36-15-10-9-14-35(36)13-8-6-4-2/h23-30,32-33,35-36H,3-22,31H2,1-2H3. The molecule has 0 heterocycles. The van der Waals surface area contributed by atoms with Crippen LogP contribution in [-0.4, -0.2) is 12.6 Å². The molecule has 2 aromatic carbocycles. The molecule has 4 rings (SSSR count). The number of hydrogen-bond donors (Lipinski definition) is 0. The summed E-state index contributed by atoms with van der Waals surface area (Å²) in [5.41, 5.74) is 1.92. The Kier molecular flexibility index (Phi) is 15.0. The van der Waals surface area contributed by atoms with E-state index in [0.717, 1.165) is 48.9 Å². The van der Waals surface area contributed by atoms with Crippen LogP contribution in [0.1, 0.15) is 152 Å². The minimum atomic E-state index is -0.303. The fourth-order valence-electron chi connectivity index (χ4n) is 7.68. The number of aryl methyl sites for hydroxylation is 1. The van der Waals surface area contributed by atoms with Gasteiger partial charge in [-0.15, -0.1) is 0 Å². The zero-order chi connectivity index (χ0) is 30.1. The van der Waals surface area contributed by atoms with Crippen LogP contribution in [0.4, 0.5) is 0 Å². The second kappa shape index (κ2) is 19.2. The van der Waals surface area contributed by atoms with Gasteiger partial charge in [0.2, 0.25) is 0 Å². The summed E-state index contributed by atoms with van der Waals surface area (Å²) in [5, 5.41) is 0.